The van der Waals surface area contributed by atoms with Crippen LogP contribution in [0.3, 0.4) is 0 Å². The summed E-state index contributed by atoms with van der Waals surface area (Å²) in [5, 5.41) is 2.66. The molecule has 2 unspecified atom stereocenters. The summed E-state index contributed by atoms with van der Waals surface area (Å²) in [6.45, 7) is 7.01. The molecule has 0 saturated heterocycles. The van der Waals surface area contributed by atoms with E-state index in [0.29, 0.717) is 5.41 Å². The van der Waals surface area contributed by atoms with Crippen molar-refractivity contribution >= 4 is 74.0 Å². The zero-order valence-corrected chi connectivity index (χ0v) is 30.9. The summed E-state index contributed by atoms with van der Waals surface area (Å²) in [6.07, 6.45) is 7.04. The Morgan fingerprint density at radius 2 is 1.44 bits per heavy atom. The third-order valence-electron chi connectivity index (χ3n) is 13.8. The minimum absolute atomic E-state index is 0.0766. The van der Waals surface area contributed by atoms with Crippen molar-refractivity contribution in [3.05, 3.63) is 126 Å². The van der Waals surface area contributed by atoms with Crippen LogP contribution in [-0.2, 0) is 10.8 Å². The van der Waals surface area contributed by atoms with Gasteiger partial charge >= 0.3 is 0 Å². The molecule has 2 atom stereocenters. The molecule has 5 aromatic carbocycles. The first-order valence-electron chi connectivity index (χ1n) is 19.4. The number of aromatic amines is 1. The van der Waals surface area contributed by atoms with Gasteiger partial charge in [-0.25, -0.2) is 0 Å². The number of nitrogens with zero attached hydrogens (tertiary/aromatic N) is 2. The van der Waals surface area contributed by atoms with Crippen molar-refractivity contribution in [2.75, 3.05) is 4.90 Å². The van der Waals surface area contributed by atoms with Crippen molar-refractivity contribution < 1.29 is 0 Å². The molecule has 4 saturated carbocycles. The van der Waals surface area contributed by atoms with Gasteiger partial charge in [-0.3, -0.25) is 4.90 Å². The molecule has 4 aliphatic carbocycles. The maximum Gasteiger partial charge on any atom is 0.273 e. The van der Waals surface area contributed by atoms with Crippen LogP contribution in [0.4, 0.5) is 17.2 Å². The molecule has 254 valence electrons. The number of rotatable bonds is 3. The highest BCUT2D eigenvalue weighted by Crippen LogP contribution is 2.65. The Bertz CT molecular complexity index is 2590. The van der Waals surface area contributed by atoms with E-state index in [1.165, 1.54) is 109 Å². The molecule has 0 radical (unpaired) electrons. The largest absolute Gasteiger partial charge is 0.341 e. The minimum atomic E-state index is 0.0766. The number of H-pyrrole nitrogens is 1. The summed E-state index contributed by atoms with van der Waals surface area (Å²) < 4.78 is 2.58. The molecule has 13 rings (SSSR count). The van der Waals surface area contributed by atoms with Crippen LogP contribution in [-0.4, -0.2) is 16.3 Å². The van der Waals surface area contributed by atoms with Crippen molar-refractivity contribution in [1.82, 2.24) is 9.55 Å². The van der Waals surface area contributed by atoms with Crippen LogP contribution >= 0.6 is 11.8 Å². The molecule has 1 N–H and O–H groups in total. The second kappa shape index (κ2) is 10.3. The molecular formula is C47H42BN3S. The van der Waals surface area contributed by atoms with Crippen LogP contribution in [0.5, 0.6) is 0 Å². The average molecular weight is 692 g/mol. The fourth-order valence-corrected chi connectivity index (χ4v) is 13.1. The van der Waals surface area contributed by atoms with Gasteiger partial charge in [0.1, 0.15) is 5.82 Å². The summed E-state index contributed by atoms with van der Waals surface area (Å²) in [4.78, 5) is 9.50. The molecule has 2 aliphatic heterocycles. The van der Waals surface area contributed by atoms with E-state index in [0.717, 1.165) is 17.8 Å². The van der Waals surface area contributed by atoms with Gasteiger partial charge in [-0.15, -0.1) is 0 Å². The third kappa shape index (κ3) is 3.96. The van der Waals surface area contributed by atoms with Crippen LogP contribution in [0.2, 0.25) is 0 Å². The molecule has 4 fully saturated rings. The summed E-state index contributed by atoms with van der Waals surface area (Å²) >= 11 is 2.04. The predicted molar refractivity (Wildman–Crippen MR) is 219 cm³/mol. The molecule has 0 spiro atoms. The quantitative estimate of drug-likeness (QED) is 0.187. The summed E-state index contributed by atoms with van der Waals surface area (Å²) in [5.74, 6) is 3.95. The van der Waals surface area contributed by atoms with Gasteiger partial charge in [-0.2, -0.15) is 0 Å². The Morgan fingerprint density at radius 3 is 2.19 bits per heavy atom. The van der Waals surface area contributed by atoms with E-state index >= 15 is 0 Å². The van der Waals surface area contributed by atoms with Gasteiger partial charge < -0.3 is 9.55 Å². The van der Waals surface area contributed by atoms with Crippen molar-refractivity contribution in [2.24, 2.45) is 17.8 Å². The lowest BCUT2D eigenvalue weighted by atomic mass is 9.36. The first-order chi connectivity index (χ1) is 25.3. The fraction of sp³-hybridized carbons (Fsp3) is 0.277. The number of para-hydroxylation sites is 3. The monoisotopic (exact) mass is 691 g/mol. The lowest BCUT2D eigenvalue weighted by Crippen LogP contribution is -2.61. The SMILES string of the molecule is CC(C)(C)c1ccc(N2c3cc(C45CC6CC(C4)C(C6)C5)cc4c3B(c3c2[nH]c2ccccc32)c2c(c3ccccc3n2-c2ccccc2)S4)cc1. The molecule has 4 bridgehead atoms. The topological polar surface area (TPSA) is 24.0 Å². The summed E-state index contributed by atoms with van der Waals surface area (Å²) in [5.41, 5.74) is 13.9. The van der Waals surface area contributed by atoms with Gasteiger partial charge in [0.15, 0.2) is 0 Å². The third-order valence-corrected chi connectivity index (χ3v) is 15.0. The Labute approximate surface area is 310 Å². The van der Waals surface area contributed by atoms with E-state index in [2.05, 4.69) is 150 Å². The van der Waals surface area contributed by atoms with E-state index in [9.17, 15) is 0 Å². The predicted octanol–water partition coefficient (Wildman–Crippen LogP) is 10.3. The van der Waals surface area contributed by atoms with Crippen molar-refractivity contribution in [2.45, 2.75) is 73.5 Å². The van der Waals surface area contributed by atoms with Crippen LogP contribution in [0.25, 0.3) is 27.5 Å². The minimum Gasteiger partial charge on any atom is -0.341 e. The molecule has 6 aliphatic rings. The highest BCUT2D eigenvalue weighted by Gasteiger charge is 2.57. The van der Waals surface area contributed by atoms with E-state index in [1.54, 1.807) is 5.56 Å². The number of aromatic nitrogens is 2. The van der Waals surface area contributed by atoms with E-state index in [1.807, 2.05) is 11.8 Å². The molecule has 7 aromatic rings. The van der Waals surface area contributed by atoms with Gasteiger partial charge in [-0.05, 0) is 137 Å². The first kappa shape index (κ1) is 29.9. The molecule has 3 nitrogen and oxygen atoms in total. The fourth-order valence-electron chi connectivity index (χ4n) is 11.7. The van der Waals surface area contributed by atoms with Crippen LogP contribution in [0, 0.1) is 17.8 Å². The smallest absolute Gasteiger partial charge is 0.273 e. The molecule has 0 amide bonds. The van der Waals surface area contributed by atoms with E-state index < -0.39 is 0 Å². The maximum atomic E-state index is 4.04. The standard InChI is InChI=1S/C47H42BN3S/c1-46(2,3)31-17-19-34(20-18-31)51-39-23-32(47-25-28-21-29(26-47)30(22-28)27-47)24-40-42(39)48(41-35-13-7-9-15-37(35)49-45(41)51)44-43(52-40)36-14-8-10-16-38(36)50(44)33-11-5-4-6-12-33/h4-20,23-24,28-30,49H,21-22,25-27H2,1-3H3. The van der Waals surface area contributed by atoms with Gasteiger partial charge in [-0.1, -0.05) is 99.3 Å². The second-order valence-electron chi connectivity index (χ2n) is 17.7. The highest BCUT2D eigenvalue weighted by atomic mass is 32.2. The molecule has 2 aromatic heterocycles. The lowest BCUT2D eigenvalue weighted by molar-refractivity contribution is 0.229. The van der Waals surface area contributed by atoms with Gasteiger partial charge in [0.2, 0.25) is 0 Å². The van der Waals surface area contributed by atoms with Gasteiger partial charge in [0, 0.05) is 43.3 Å². The van der Waals surface area contributed by atoms with Crippen molar-refractivity contribution in [1.29, 1.82) is 0 Å². The van der Waals surface area contributed by atoms with Crippen LogP contribution in [0.15, 0.2) is 125 Å². The number of anilines is 3. The zero-order chi connectivity index (χ0) is 34.5. The maximum absolute atomic E-state index is 4.04. The van der Waals surface area contributed by atoms with E-state index in [4.69, 9.17) is 0 Å². The molecular weight excluding hydrogens is 649 g/mol. The zero-order valence-electron chi connectivity index (χ0n) is 30.1. The number of nitrogens with one attached hydrogen (secondary N) is 1. The number of hydrogen-bond acceptors (Lipinski definition) is 2. The number of fused-ring (bicyclic) bond motifs is 8. The van der Waals surface area contributed by atoms with Crippen molar-refractivity contribution in [3.63, 3.8) is 0 Å². The van der Waals surface area contributed by atoms with Crippen LogP contribution in [0.1, 0.15) is 64.0 Å². The molecule has 5 heteroatoms. The van der Waals surface area contributed by atoms with Crippen molar-refractivity contribution in [3.8, 4) is 5.69 Å². The number of hydrogen-bond donors (Lipinski definition) is 1. The Balaban J connectivity index is 1.19. The van der Waals surface area contributed by atoms with Gasteiger partial charge in [0.25, 0.3) is 6.71 Å². The summed E-state index contributed by atoms with van der Waals surface area (Å²) in [6, 6.07) is 44.0. The Kier molecular flexibility index (Phi) is 5.92. The lowest BCUT2D eigenvalue weighted by Gasteiger charge is -2.43. The highest BCUT2D eigenvalue weighted by molar-refractivity contribution is 8.00. The normalized spacial score (nSPS) is 23.8. The second-order valence-corrected chi connectivity index (χ2v) is 18.7. The Morgan fingerprint density at radius 1 is 0.731 bits per heavy atom. The first-order valence-corrected chi connectivity index (χ1v) is 20.2. The average Bonchev–Trinajstić information content (AvgIpc) is 3.86. The number of benzene rings is 5. The Hall–Kier alpha value is -4.61. The van der Waals surface area contributed by atoms with Crippen LogP contribution < -0.4 is 21.4 Å². The summed E-state index contributed by atoms with van der Waals surface area (Å²) in [7, 11) is 0. The van der Waals surface area contributed by atoms with Gasteiger partial charge in [0.05, 0.1) is 5.52 Å². The molecule has 52 heavy (non-hydrogen) atoms. The molecule has 4 heterocycles. The van der Waals surface area contributed by atoms with E-state index in [-0.39, 0.29) is 12.1 Å².